The average Bonchev–Trinajstić information content (AvgIpc) is 4.01. The highest BCUT2D eigenvalue weighted by Gasteiger charge is 2.51. The van der Waals surface area contributed by atoms with E-state index in [1.165, 1.54) is 0 Å². The van der Waals surface area contributed by atoms with Gasteiger partial charge in [-0.15, -0.1) is 11.3 Å². The number of hydrogen-bond donors (Lipinski definition) is 2. The minimum Gasteiger partial charge on any atom is -0.487 e. The maximum atomic E-state index is 14.2. The van der Waals surface area contributed by atoms with Gasteiger partial charge in [-0.05, 0) is 159 Å². The number of carbonyl (C=O) groups excluding carboxylic acids is 3. The number of ketones is 1. The number of fused-ring (bicyclic) bond motifs is 4. The summed E-state index contributed by atoms with van der Waals surface area (Å²) in [4.78, 5) is 71.8. The Bertz CT molecular complexity index is 3860. The Kier molecular flexibility index (Phi) is 13.1. The van der Waals surface area contributed by atoms with E-state index in [1.54, 1.807) is 56.4 Å². The van der Waals surface area contributed by atoms with E-state index in [-0.39, 0.29) is 34.1 Å². The number of aryl methyl sites for hydroxylation is 5. The average molecular weight is 1030 g/mol. The van der Waals surface area contributed by atoms with E-state index >= 15 is 0 Å². The van der Waals surface area contributed by atoms with Crippen molar-refractivity contribution < 1.29 is 37.4 Å². The molecule has 0 bridgehead atoms. The van der Waals surface area contributed by atoms with Crippen molar-refractivity contribution in [1.82, 2.24) is 19.9 Å². The van der Waals surface area contributed by atoms with Gasteiger partial charge in [-0.1, -0.05) is 18.6 Å². The Morgan fingerprint density at radius 2 is 1.52 bits per heavy atom. The third kappa shape index (κ3) is 9.39. The molecule has 0 saturated carbocycles. The van der Waals surface area contributed by atoms with Gasteiger partial charge in [0.25, 0.3) is 11.8 Å². The van der Waals surface area contributed by atoms with Crippen molar-refractivity contribution in [1.29, 1.82) is 0 Å². The first-order valence-electron chi connectivity index (χ1n) is 24.9. The van der Waals surface area contributed by atoms with Crippen molar-refractivity contribution in [3.8, 4) is 22.8 Å². The summed E-state index contributed by atoms with van der Waals surface area (Å²) in [6.45, 7) is 16.7. The molecule has 10 rings (SSSR count). The fourth-order valence-electron chi connectivity index (χ4n) is 10.2. The summed E-state index contributed by atoms with van der Waals surface area (Å²) in [5, 5.41) is 1.33. The predicted molar refractivity (Wildman–Crippen MR) is 288 cm³/mol. The van der Waals surface area contributed by atoms with Gasteiger partial charge in [0.05, 0.1) is 26.5 Å². The number of amides is 2. The zero-order valence-corrected chi connectivity index (χ0v) is 44.0. The van der Waals surface area contributed by atoms with Gasteiger partial charge in [-0.3, -0.25) is 19.2 Å². The van der Waals surface area contributed by atoms with Crippen molar-refractivity contribution in [2.75, 3.05) is 0 Å². The molecular weight excluding hydrogens is 969 g/mol. The standard InChI is InChI=1S/C59H56N6O9S/c1-10-48-64-42-18-15-35(26-46(42)72-48)55-32(6)53(67)41-25-29(3)24-40(59(41,9)74-55)34(8)71-45-21-17-37(63-51(45)58(61)69)12-11-13-49-65-43-19-16-36(27-47(43)75-49)54-31(5)52(66)39-23-28(2)22-38(56(39)73-54)33(7)70-44-20-14-30(4)62-50(44)57(60)68/h14-27,33-34,40H,10-13H2,1-9H3,(H2,60,68)(H2,61,69)/t33?,34-,40?,59?/m1/s1. The highest BCUT2D eigenvalue weighted by atomic mass is 32.1. The molecule has 5 aromatic heterocycles. The zero-order chi connectivity index (χ0) is 53.2. The number of thiazole rings is 1. The van der Waals surface area contributed by atoms with Crippen LogP contribution in [0.15, 0.2) is 115 Å². The molecule has 2 aliphatic rings. The monoisotopic (exact) mass is 1020 g/mol. The minimum absolute atomic E-state index is 0.00818. The summed E-state index contributed by atoms with van der Waals surface area (Å²) in [7, 11) is 0. The van der Waals surface area contributed by atoms with E-state index in [9.17, 15) is 19.2 Å². The van der Waals surface area contributed by atoms with E-state index < -0.39 is 35.5 Å². The number of carbonyl (C=O) groups is 3. The molecule has 4 atom stereocenters. The molecular formula is C59H56N6O9S. The smallest absolute Gasteiger partial charge is 0.271 e. The van der Waals surface area contributed by atoms with Gasteiger partial charge in [0.2, 0.25) is 0 Å². The molecule has 0 fully saturated rings. The largest absolute Gasteiger partial charge is 0.487 e. The fourth-order valence-corrected chi connectivity index (χ4v) is 11.2. The number of ether oxygens (including phenoxy) is 3. The van der Waals surface area contributed by atoms with Crippen molar-refractivity contribution in [2.45, 2.75) is 106 Å². The first-order chi connectivity index (χ1) is 35.8. The number of nitrogens with zero attached hydrogens (tertiary/aromatic N) is 4. The van der Waals surface area contributed by atoms with Crippen LogP contribution in [0.4, 0.5) is 0 Å². The molecule has 382 valence electrons. The number of Topliss-reactive ketones (excluding diaryl/α,β-unsaturated/α-hetero) is 1. The third-order valence-electron chi connectivity index (χ3n) is 14.1. The van der Waals surface area contributed by atoms with Crippen LogP contribution in [0.2, 0.25) is 0 Å². The van der Waals surface area contributed by atoms with Crippen molar-refractivity contribution >= 4 is 67.0 Å². The summed E-state index contributed by atoms with van der Waals surface area (Å²) in [5.41, 5.74) is 19.4. The molecule has 0 spiro atoms. The van der Waals surface area contributed by atoms with Crippen LogP contribution in [0.5, 0.6) is 11.5 Å². The fraction of sp³-hybridized carbons (Fsp3) is 0.288. The van der Waals surface area contributed by atoms with Crippen molar-refractivity contribution in [3.05, 3.63) is 168 Å². The van der Waals surface area contributed by atoms with Gasteiger partial charge >= 0.3 is 0 Å². The number of oxazole rings is 1. The summed E-state index contributed by atoms with van der Waals surface area (Å²) in [6.07, 6.45) is 5.18. The number of aromatic nitrogens is 4. The highest BCUT2D eigenvalue weighted by Crippen LogP contribution is 2.48. The van der Waals surface area contributed by atoms with Crippen LogP contribution >= 0.6 is 11.3 Å². The molecule has 3 aromatic carbocycles. The van der Waals surface area contributed by atoms with Gasteiger partial charge < -0.3 is 34.5 Å². The first kappa shape index (κ1) is 50.3. The number of rotatable bonds is 15. The maximum absolute atomic E-state index is 14.2. The molecule has 1 aliphatic carbocycles. The van der Waals surface area contributed by atoms with E-state index in [0.717, 1.165) is 37.4 Å². The van der Waals surface area contributed by atoms with E-state index in [2.05, 4.69) is 15.0 Å². The molecule has 15 nitrogen and oxygen atoms in total. The molecule has 0 saturated heterocycles. The van der Waals surface area contributed by atoms with E-state index in [4.69, 9.17) is 39.5 Å². The van der Waals surface area contributed by atoms with Gasteiger partial charge in [0.15, 0.2) is 45.6 Å². The molecule has 16 heteroatoms. The Morgan fingerprint density at radius 3 is 2.28 bits per heavy atom. The lowest BCUT2D eigenvalue weighted by atomic mass is 9.70. The Labute approximate surface area is 436 Å². The quantitative estimate of drug-likeness (QED) is 0.0975. The van der Waals surface area contributed by atoms with Gasteiger partial charge in [-0.25, -0.2) is 19.9 Å². The zero-order valence-electron chi connectivity index (χ0n) is 43.2. The molecule has 0 radical (unpaired) electrons. The number of pyridine rings is 2. The van der Waals surface area contributed by atoms with Gasteiger partial charge in [0, 0.05) is 51.2 Å². The van der Waals surface area contributed by atoms with Crippen LogP contribution < -0.4 is 26.4 Å². The maximum Gasteiger partial charge on any atom is 0.271 e. The van der Waals surface area contributed by atoms with Crippen molar-refractivity contribution in [3.63, 3.8) is 0 Å². The summed E-state index contributed by atoms with van der Waals surface area (Å²) < 4.78 is 33.2. The highest BCUT2D eigenvalue weighted by molar-refractivity contribution is 7.18. The van der Waals surface area contributed by atoms with Crippen LogP contribution in [0.1, 0.15) is 120 Å². The predicted octanol–water partition coefficient (Wildman–Crippen LogP) is 11.1. The van der Waals surface area contributed by atoms with Crippen LogP contribution in [-0.4, -0.2) is 49.2 Å². The number of benzene rings is 3. The third-order valence-corrected chi connectivity index (χ3v) is 15.2. The lowest BCUT2D eigenvalue weighted by Crippen LogP contribution is -2.51. The Balaban J connectivity index is 0.843. The number of allylic oxidation sites excluding steroid dienone is 3. The normalized spacial score (nSPS) is 17.4. The Hall–Kier alpha value is -8.24. The van der Waals surface area contributed by atoms with Crippen molar-refractivity contribution in [2.24, 2.45) is 17.4 Å². The van der Waals surface area contributed by atoms with Crippen LogP contribution in [0.25, 0.3) is 49.4 Å². The second kappa shape index (κ2) is 19.6. The van der Waals surface area contributed by atoms with Crippen LogP contribution in [-0.2, 0) is 28.8 Å². The van der Waals surface area contributed by atoms with Crippen LogP contribution in [0, 0.1) is 26.7 Å². The van der Waals surface area contributed by atoms with Crippen LogP contribution in [0.3, 0.4) is 0 Å². The lowest BCUT2D eigenvalue weighted by Gasteiger charge is -2.46. The topological polar surface area (TPSA) is 226 Å². The molecule has 75 heavy (non-hydrogen) atoms. The van der Waals surface area contributed by atoms with E-state index in [1.807, 2.05) is 102 Å². The second-order valence-electron chi connectivity index (χ2n) is 19.7. The molecule has 4 N–H and O–H groups in total. The molecule has 3 unspecified atom stereocenters. The summed E-state index contributed by atoms with van der Waals surface area (Å²) in [5.74, 6) is -0.0486. The number of primary amides is 2. The lowest BCUT2D eigenvalue weighted by molar-refractivity contribution is -0.117. The van der Waals surface area contributed by atoms with E-state index in [0.29, 0.717) is 98.9 Å². The minimum atomic E-state index is -1.12. The Morgan fingerprint density at radius 1 is 0.800 bits per heavy atom. The van der Waals surface area contributed by atoms with Gasteiger partial charge in [-0.2, -0.15) is 0 Å². The SMILES string of the molecule is CCc1nc2ccc(C3=C(C)C(=O)C4=CC(C)=CC([C@@H](C)Oc5ccc(CCCc6nc7ccc(-c8oc9c(C(C)Oc%10ccc(C)nc%10C(N)=O)cc(C)cc9c(=O)c8C)cc7s6)nc5C(N)=O)C4(C)O3)cc2o1. The number of hydrogen-bond acceptors (Lipinski definition) is 14. The molecule has 1 aliphatic heterocycles. The summed E-state index contributed by atoms with van der Waals surface area (Å²) >= 11 is 1.55. The molecule has 8 aromatic rings. The van der Waals surface area contributed by atoms with Gasteiger partial charge in [0.1, 0.15) is 40.4 Å². The second-order valence-corrected chi connectivity index (χ2v) is 20.8. The number of nitrogens with two attached hydrogens (primary N) is 2. The summed E-state index contributed by atoms with van der Waals surface area (Å²) in [6, 6.07) is 22.1. The molecule has 6 heterocycles. The first-order valence-corrected chi connectivity index (χ1v) is 25.7. The molecule has 2 amide bonds.